The Balaban J connectivity index is 2.19. The van der Waals surface area contributed by atoms with Crippen molar-refractivity contribution in [1.29, 1.82) is 0 Å². The van der Waals surface area contributed by atoms with Gasteiger partial charge in [-0.3, -0.25) is 0 Å². The van der Waals surface area contributed by atoms with Crippen LogP contribution in [-0.4, -0.2) is 0 Å². The maximum atomic E-state index is 13.7. The molecular formula is C16H16BrFO. The van der Waals surface area contributed by atoms with E-state index in [2.05, 4.69) is 28.9 Å². The average molecular weight is 323 g/mol. The highest BCUT2D eigenvalue weighted by molar-refractivity contribution is 9.10. The minimum absolute atomic E-state index is 0.239. The predicted octanol–water partition coefficient (Wildman–Crippen LogP) is 5.09. The van der Waals surface area contributed by atoms with E-state index in [1.165, 1.54) is 11.6 Å². The molecule has 0 N–H and O–H groups in total. The molecule has 0 aliphatic carbocycles. The molecular weight excluding hydrogens is 307 g/mol. The number of hydrogen-bond acceptors (Lipinski definition) is 1. The molecule has 19 heavy (non-hydrogen) atoms. The van der Waals surface area contributed by atoms with Crippen molar-refractivity contribution in [1.82, 2.24) is 0 Å². The largest absolute Gasteiger partial charge is 0.489 e. The highest BCUT2D eigenvalue weighted by atomic mass is 79.9. The lowest BCUT2D eigenvalue weighted by Crippen LogP contribution is -2.01. The van der Waals surface area contributed by atoms with E-state index in [-0.39, 0.29) is 12.4 Å². The molecule has 2 rings (SSSR count). The standard InChI is InChI=1S/C16H16BrFO/c1-10-6-11(2)12(3)16(7-10)19-9-13-4-5-14(17)8-15(13)18/h4-8H,9H2,1-3H3. The van der Waals surface area contributed by atoms with Crippen LogP contribution in [0.4, 0.5) is 4.39 Å². The number of hydrogen-bond donors (Lipinski definition) is 0. The smallest absolute Gasteiger partial charge is 0.130 e. The van der Waals surface area contributed by atoms with Gasteiger partial charge in [-0.05, 0) is 55.7 Å². The minimum atomic E-state index is -0.253. The van der Waals surface area contributed by atoms with Gasteiger partial charge in [0, 0.05) is 10.0 Å². The van der Waals surface area contributed by atoms with Gasteiger partial charge in [0.1, 0.15) is 18.2 Å². The van der Waals surface area contributed by atoms with Crippen molar-refractivity contribution in [3.63, 3.8) is 0 Å². The van der Waals surface area contributed by atoms with Crippen LogP contribution in [-0.2, 0) is 6.61 Å². The Hall–Kier alpha value is -1.35. The zero-order chi connectivity index (χ0) is 14.0. The van der Waals surface area contributed by atoms with Gasteiger partial charge in [-0.25, -0.2) is 4.39 Å². The first-order valence-electron chi connectivity index (χ1n) is 6.12. The molecule has 0 atom stereocenters. The number of rotatable bonds is 3. The molecule has 0 saturated carbocycles. The van der Waals surface area contributed by atoms with Crippen LogP contribution < -0.4 is 4.74 Å². The Morgan fingerprint density at radius 2 is 1.84 bits per heavy atom. The highest BCUT2D eigenvalue weighted by Crippen LogP contribution is 2.25. The molecule has 0 radical (unpaired) electrons. The molecule has 3 heteroatoms. The van der Waals surface area contributed by atoms with E-state index < -0.39 is 0 Å². The van der Waals surface area contributed by atoms with Gasteiger partial charge >= 0.3 is 0 Å². The van der Waals surface area contributed by atoms with Gasteiger partial charge in [0.05, 0.1) is 0 Å². The Morgan fingerprint density at radius 1 is 1.11 bits per heavy atom. The molecule has 0 spiro atoms. The second-order valence-electron chi connectivity index (χ2n) is 4.73. The summed E-state index contributed by atoms with van der Waals surface area (Å²) in [6, 6.07) is 9.10. The zero-order valence-corrected chi connectivity index (χ0v) is 12.8. The monoisotopic (exact) mass is 322 g/mol. The second kappa shape index (κ2) is 5.74. The van der Waals surface area contributed by atoms with Crippen molar-refractivity contribution in [2.45, 2.75) is 27.4 Å². The van der Waals surface area contributed by atoms with Gasteiger partial charge < -0.3 is 4.74 Å². The number of aryl methyl sites for hydroxylation is 2. The number of halogens is 2. The molecule has 0 saturated heterocycles. The van der Waals surface area contributed by atoms with Crippen molar-refractivity contribution >= 4 is 15.9 Å². The molecule has 0 aromatic heterocycles. The Morgan fingerprint density at radius 3 is 2.53 bits per heavy atom. The third-order valence-corrected chi connectivity index (χ3v) is 3.66. The Labute approximate surface area is 121 Å². The summed E-state index contributed by atoms with van der Waals surface area (Å²) in [5.41, 5.74) is 3.99. The van der Waals surface area contributed by atoms with Crippen molar-refractivity contribution in [2.24, 2.45) is 0 Å². The van der Waals surface area contributed by atoms with Gasteiger partial charge in [0.2, 0.25) is 0 Å². The summed E-state index contributed by atoms with van der Waals surface area (Å²) in [5, 5.41) is 0. The first-order chi connectivity index (χ1) is 8.97. The van der Waals surface area contributed by atoms with Crippen molar-refractivity contribution in [3.05, 3.63) is 62.9 Å². The molecule has 2 aromatic rings. The summed E-state index contributed by atoms with van der Waals surface area (Å²) in [5.74, 6) is 0.566. The van der Waals surface area contributed by atoms with Crippen LogP contribution in [0.1, 0.15) is 22.3 Å². The van der Waals surface area contributed by atoms with Crippen molar-refractivity contribution in [3.8, 4) is 5.75 Å². The number of ether oxygens (including phenoxy) is 1. The SMILES string of the molecule is Cc1cc(C)c(C)c(OCc2ccc(Br)cc2F)c1. The summed E-state index contributed by atoms with van der Waals surface area (Å²) in [6.07, 6.45) is 0. The molecule has 0 unspecified atom stereocenters. The van der Waals surface area contributed by atoms with Crippen LogP contribution in [0.3, 0.4) is 0 Å². The van der Waals surface area contributed by atoms with E-state index in [9.17, 15) is 4.39 Å². The van der Waals surface area contributed by atoms with E-state index in [0.29, 0.717) is 5.56 Å². The lowest BCUT2D eigenvalue weighted by Gasteiger charge is -2.13. The Bertz CT molecular complexity index is 608. The highest BCUT2D eigenvalue weighted by Gasteiger charge is 2.07. The fourth-order valence-corrected chi connectivity index (χ4v) is 2.28. The first kappa shape index (κ1) is 14.1. The molecule has 0 aliphatic heterocycles. The molecule has 1 nitrogen and oxygen atoms in total. The van der Waals surface area contributed by atoms with E-state index in [1.807, 2.05) is 26.0 Å². The lowest BCUT2D eigenvalue weighted by atomic mass is 10.1. The Kier molecular flexibility index (Phi) is 4.25. The fraction of sp³-hybridized carbons (Fsp3) is 0.250. The third-order valence-electron chi connectivity index (χ3n) is 3.16. The van der Waals surface area contributed by atoms with Gasteiger partial charge in [-0.1, -0.05) is 28.1 Å². The molecule has 0 bridgehead atoms. The van der Waals surface area contributed by atoms with Crippen LogP contribution in [0.5, 0.6) is 5.75 Å². The summed E-state index contributed by atoms with van der Waals surface area (Å²) >= 11 is 3.24. The topological polar surface area (TPSA) is 9.23 Å². The molecule has 0 aliphatic rings. The zero-order valence-electron chi connectivity index (χ0n) is 11.3. The predicted molar refractivity (Wildman–Crippen MR) is 79.1 cm³/mol. The van der Waals surface area contributed by atoms with E-state index >= 15 is 0 Å². The summed E-state index contributed by atoms with van der Waals surface area (Å²) in [6.45, 7) is 6.33. The third kappa shape index (κ3) is 3.35. The molecule has 0 heterocycles. The average Bonchev–Trinajstić information content (AvgIpc) is 2.33. The van der Waals surface area contributed by atoms with Gasteiger partial charge in [-0.2, -0.15) is 0 Å². The molecule has 0 amide bonds. The molecule has 2 aromatic carbocycles. The molecule has 100 valence electrons. The van der Waals surface area contributed by atoms with Gasteiger partial charge in [0.25, 0.3) is 0 Å². The summed E-state index contributed by atoms with van der Waals surface area (Å²) in [7, 11) is 0. The van der Waals surface area contributed by atoms with Gasteiger partial charge in [-0.15, -0.1) is 0 Å². The van der Waals surface area contributed by atoms with E-state index in [0.717, 1.165) is 21.3 Å². The fourth-order valence-electron chi connectivity index (χ4n) is 1.94. The maximum Gasteiger partial charge on any atom is 0.130 e. The quantitative estimate of drug-likeness (QED) is 0.764. The second-order valence-corrected chi connectivity index (χ2v) is 5.65. The first-order valence-corrected chi connectivity index (χ1v) is 6.91. The van der Waals surface area contributed by atoms with Crippen LogP contribution in [0.2, 0.25) is 0 Å². The van der Waals surface area contributed by atoms with E-state index in [1.54, 1.807) is 6.07 Å². The van der Waals surface area contributed by atoms with Gasteiger partial charge in [0.15, 0.2) is 0 Å². The van der Waals surface area contributed by atoms with E-state index in [4.69, 9.17) is 4.74 Å². The summed E-state index contributed by atoms with van der Waals surface area (Å²) in [4.78, 5) is 0. The normalized spacial score (nSPS) is 10.6. The van der Waals surface area contributed by atoms with Crippen LogP contribution in [0.15, 0.2) is 34.8 Å². The van der Waals surface area contributed by atoms with Crippen LogP contribution in [0.25, 0.3) is 0 Å². The maximum absolute atomic E-state index is 13.7. The van der Waals surface area contributed by atoms with Crippen molar-refractivity contribution in [2.75, 3.05) is 0 Å². The van der Waals surface area contributed by atoms with Crippen molar-refractivity contribution < 1.29 is 9.13 Å². The number of benzene rings is 2. The minimum Gasteiger partial charge on any atom is -0.489 e. The lowest BCUT2D eigenvalue weighted by molar-refractivity contribution is 0.297. The van der Waals surface area contributed by atoms with Crippen LogP contribution >= 0.6 is 15.9 Å². The molecule has 0 fully saturated rings. The van der Waals surface area contributed by atoms with Crippen LogP contribution in [0, 0.1) is 26.6 Å². The summed E-state index contributed by atoms with van der Waals surface area (Å²) < 4.78 is 20.2.